The van der Waals surface area contributed by atoms with E-state index in [-0.39, 0.29) is 5.91 Å². The van der Waals surface area contributed by atoms with E-state index in [0.717, 1.165) is 11.3 Å². The van der Waals surface area contributed by atoms with Gasteiger partial charge in [0.25, 0.3) is 0 Å². The monoisotopic (exact) mass is 264 g/mol. The Bertz CT molecular complexity index is 403. The van der Waals surface area contributed by atoms with E-state index in [4.69, 9.17) is 5.73 Å². The van der Waals surface area contributed by atoms with Crippen molar-refractivity contribution < 1.29 is 4.79 Å². The molecule has 1 fully saturated rings. The second-order valence-electron chi connectivity index (χ2n) is 4.71. The van der Waals surface area contributed by atoms with Gasteiger partial charge in [-0.15, -0.1) is 0 Å². The zero-order chi connectivity index (χ0) is 12.8. The number of amides is 1. The molecule has 1 aliphatic rings. The lowest BCUT2D eigenvalue weighted by atomic mass is 9.98. The summed E-state index contributed by atoms with van der Waals surface area (Å²) < 4.78 is 0. The molecule has 0 radical (unpaired) electrons. The van der Waals surface area contributed by atoms with Gasteiger partial charge in [-0.25, -0.2) is 0 Å². The molecule has 1 heterocycles. The average Bonchev–Trinajstić information content (AvgIpc) is 2.40. The fourth-order valence-corrected chi connectivity index (χ4v) is 3.40. The minimum atomic E-state index is 0.126. The van der Waals surface area contributed by atoms with Crippen LogP contribution < -0.4 is 11.1 Å². The van der Waals surface area contributed by atoms with E-state index < -0.39 is 0 Å². The molecule has 1 aromatic carbocycles. The summed E-state index contributed by atoms with van der Waals surface area (Å²) in [5.74, 6) is 3.08. The molecule has 3 nitrogen and oxygen atoms in total. The predicted octanol–water partition coefficient (Wildman–Crippen LogP) is 2.62. The lowest BCUT2D eigenvalue weighted by Gasteiger charge is -2.20. The normalized spacial score (nSPS) is 16.5. The number of hydrogen-bond acceptors (Lipinski definition) is 3. The molecule has 0 bridgehead atoms. The summed E-state index contributed by atoms with van der Waals surface area (Å²) in [5, 5.41) is 2.96. The van der Waals surface area contributed by atoms with Gasteiger partial charge < -0.3 is 11.1 Å². The molecule has 3 N–H and O–H groups in total. The van der Waals surface area contributed by atoms with E-state index >= 15 is 0 Å². The Balaban J connectivity index is 1.85. The first-order valence-electron chi connectivity index (χ1n) is 6.44. The van der Waals surface area contributed by atoms with Crippen LogP contribution >= 0.6 is 11.8 Å². The highest BCUT2D eigenvalue weighted by molar-refractivity contribution is 7.99. The zero-order valence-electron chi connectivity index (χ0n) is 10.5. The number of anilines is 1. The second kappa shape index (κ2) is 6.81. The summed E-state index contributed by atoms with van der Waals surface area (Å²) in [4.78, 5) is 11.9. The first-order chi connectivity index (χ1) is 8.78. The lowest BCUT2D eigenvalue weighted by Crippen LogP contribution is -2.19. The SMILES string of the molecule is NCc1cccc(NC(=O)CC2CCSCC2)c1. The maximum atomic E-state index is 11.9. The molecule has 0 aliphatic carbocycles. The van der Waals surface area contributed by atoms with Crippen LogP contribution in [0.5, 0.6) is 0 Å². The fraction of sp³-hybridized carbons (Fsp3) is 0.500. The van der Waals surface area contributed by atoms with Gasteiger partial charge in [-0.2, -0.15) is 11.8 Å². The molecule has 0 unspecified atom stereocenters. The molecule has 1 aliphatic heterocycles. The number of nitrogens with one attached hydrogen (secondary N) is 1. The number of benzene rings is 1. The largest absolute Gasteiger partial charge is 0.326 e. The second-order valence-corrected chi connectivity index (χ2v) is 5.94. The molecular formula is C14H20N2OS. The third-order valence-corrected chi connectivity index (χ3v) is 4.31. The minimum Gasteiger partial charge on any atom is -0.326 e. The van der Waals surface area contributed by atoms with Crippen molar-refractivity contribution in [1.29, 1.82) is 0 Å². The summed E-state index contributed by atoms with van der Waals surface area (Å²) in [7, 11) is 0. The lowest BCUT2D eigenvalue weighted by molar-refractivity contribution is -0.117. The van der Waals surface area contributed by atoms with Crippen LogP contribution in [0.2, 0.25) is 0 Å². The summed E-state index contributed by atoms with van der Waals surface area (Å²) in [6, 6.07) is 7.74. The van der Waals surface area contributed by atoms with E-state index in [1.54, 1.807) is 0 Å². The summed E-state index contributed by atoms with van der Waals surface area (Å²) in [6.07, 6.45) is 2.98. The number of nitrogens with two attached hydrogens (primary N) is 1. The fourth-order valence-electron chi connectivity index (χ4n) is 2.20. The molecule has 0 saturated carbocycles. The molecule has 1 aromatic rings. The number of carbonyl (C=O) groups excluding carboxylic acids is 1. The molecule has 0 spiro atoms. The van der Waals surface area contributed by atoms with Crippen molar-refractivity contribution in [2.24, 2.45) is 11.7 Å². The average molecular weight is 264 g/mol. The van der Waals surface area contributed by atoms with Gasteiger partial charge in [-0.3, -0.25) is 4.79 Å². The van der Waals surface area contributed by atoms with Crippen LogP contribution in [-0.2, 0) is 11.3 Å². The van der Waals surface area contributed by atoms with Gasteiger partial charge in [0.05, 0.1) is 0 Å². The van der Waals surface area contributed by atoms with Gasteiger partial charge in [0.15, 0.2) is 0 Å². The standard InChI is InChI=1S/C14H20N2OS/c15-10-12-2-1-3-13(8-12)16-14(17)9-11-4-6-18-7-5-11/h1-3,8,11H,4-7,9-10,15H2,(H,16,17). The highest BCUT2D eigenvalue weighted by atomic mass is 32.2. The molecule has 98 valence electrons. The van der Waals surface area contributed by atoms with Crippen LogP contribution in [0.25, 0.3) is 0 Å². The maximum Gasteiger partial charge on any atom is 0.224 e. The van der Waals surface area contributed by atoms with E-state index in [0.29, 0.717) is 18.9 Å². The van der Waals surface area contributed by atoms with Gasteiger partial charge >= 0.3 is 0 Å². The smallest absolute Gasteiger partial charge is 0.224 e. The first-order valence-corrected chi connectivity index (χ1v) is 7.60. The van der Waals surface area contributed by atoms with Crippen molar-refractivity contribution in [3.05, 3.63) is 29.8 Å². The summed E-state index contributed by atoms with van der Waals surface area (Å²) in [6.45, 7) is 0.504. The van der Waals surface area contributed by atoms with Crippen molar-refractivity contribution in [2.75, 3.05) is 16.8 Å². The van der Waals surface area contributed by atoms with Crippen LogP contribution in [0.4, 0.5) is 5.69 Å². The predicted molar refractivity (Wildman–Crippen MR) is 77.6 cm³/mol. The Morgan fingerprint density at radius 3 is 2.89 bits per heavy atom. The molecule has 2 rings (SSSR count). The van der Waals surface area contributed by atoms with E-state index in [9.17, 15) is 4.79 Å². The number of thioether (sulfide) groups is 1. The third-order valence-electron chi connectivity index (χ3n) is 3.26. The molecule has 1 saturated heterocycles. The molecule has 18 heavy (non-hydrogen) atoms. The molecular weight excluding hydrogens is 244 g/mol. The van der Waals surface area contributed by atoms with Crippen molar-refractivity contribution >= 4 is 23.4 Å². The van der Waals surface area contributed by atoms with Gasteiger partial charge in [0.2, 0.25) is 5.91 Å². The van der Waals surface area contributed by atoms with Gasteiger partial charge in [0, 0.05) is 18.7 Å². The Morgan fingerprint density at radius 2 is 2.17 bits per heavy atom. The van der Waals surface area contributed by atoms with Crippen molar-refractivity contribution in [3.63, 3.8) is 0 Å². The van der Waals surface area contributed by atoms with Crippen LogP contribution in [0.15, 0.2) is 24.3 Å². The molecule has 0 aromatic heterocycles. The minimum absolute atomic E-state index is 0.126. The van der Waals surface area contributed by atoms with Crippen molar-refractivity contribution in [3.8, 4) is 0 Å². The molecule has 0 atom stereocenters. The van der Waals surface area contributed by atoms with E-state index in [2.05, 4.69) is 5.32 Å². The van der Waals surface area contributed by atoms with E-state index in [1.807, 2.05) is 36.0 Å². The zero-order valence-corrected chi connectivity index (χ0v) is 11.3. The van der Waals surface area contributed by atoms with Crippen molar-refractivity contribution in [1.82, 2.24) is 0 Å². The molecule has 1 amide bonds. The van der Waals surface area contributed by atoms with Crippen LogP contribution in [0.3, 0.4) is 0 Å². The topological polar surface area (TPSA) is 55.1 Å². The molecule has 4 heteroatoms. The van der Waals surface area contributed by atoms with Gasteiger partial charge in [0.1, 0.15) is 0 Å². The number of carbonyl (C=O) groups is 1. The Labute approximate surface area is 113 Å². The Morgan fingerprint density at radius 1 is 1.39 bits per heavy atom. The Kier molecular flexibility index (Phi) is 5.08. The van der Waals surface area contributed by atoms with Crippen LogP contribution in [-0.4, -0.2) is 17.4 Å². The van der Waals surface area contributed by atoms with Gasteiger partial charge in [-0.05, 0) is 48.0 Å². The van der Waals surface area contributed by atoms with E-state index in [1.165, 1.54) is 24.3 Å². The quantitative estimate of drug-likeness (QED) is 0.879. The summed E-state index contributed by atoms with van der Waals surface area (Å²) in [5.41, 5.74) is 7.48. The van der Waals surface area contributed by atoms with Crippen LogP contribution in [0.1, 0.15) is 24.8 Å². The highest BCUT2D eigenvalue weighted by Gasteiger charge is 2.17. The highest BCUT2D eigenvalue weighted by Crippen LogP contribution is 2.25. The third kappa shape index (κ3) is 4.03. The first kappa shape index (κ1) is 13.4. The Hall–Kier alpha value is -1.00. The van der Waals surface area contributed by atoms with Crippen molar-refractivity contribution in [2.45, 2.75) is 25.8 Å². The maximum absolute atomic E-state index is 11.9. The van der Waals surface area contributed by atoms with Gasteiger partial charge in [-0.1, -0.05) is 12.1 Å². The number of rotatable bonds is 4. The summed E-state index contributed by atoms with van der Waals surface area (Å²) >= 11 is 1.99. The van der Waals surface area contributed by atoms with Crippen LogP contribution in [0, 0.1) is 5.92 Å². The number of hydrogen-bond donors (Lipinski definition) is 2.